The van der Waals surface area contributed by atoms with Gasteiger partial charge >= 0.3 is 0 Å². The maximum Gasteiger partial charge on any atom is 0.140 e. The van der Waals surface area contributed by atoms with E-state index in [2.05, 4.69) is 57.6 Å². The Morgan fingerprint density at radius 2 is 1.86 bits per heavy atom. The van der Waals surface area contributed by atoms with Gasteiger partial charge in [-0.05, 0) is 61.3 Å². The molecule has 2 atom stereocenters. The predicted octanol–water partition coefficient (Wildman–Crippen LogP) is 6.21. The Morgan fingerprint density at radius 1 is 1.03 bits per heavy atom. The lowest BCUT2D eigenvalue weighted by Crippen LogP contribution is -2.33. The Bertz CT molecular complexity index is 1320. The van der Waals surface area contributed by atoms with E-state index in [0.29, 0.717) is 12.1 Å². The molecule has 0 aliphatic heterocycles. The Balaban J connectivity index is 0.00000267. The van der Waals surface area contributed by atoms with Gasteiger partial charge in [0, 0.05) is 42.3 Å². The summed E-state index contributed by atoms with van der Waals surface area (Å²) in [5, 5.41) is 5.01. The van der Waals surface area contributed by atoms with E-state index >= 15 is 0 Å². The number of pyridine rings is 1. The molecule has 2 aliphatic carbocycles. The first kappa shape index (κ1) is 24.9. The van der Waals surface area contributed by atoms with Crippen molar-refractivity contribution in [3.05, 3.63) is 65.6 Å². The van der Waals surface area contributed by atoms with Crippen molar-refractivity contribution in [2.24, 2.45) is 0 Å². The van der Waals surface area contributed by atoms with Crippen molar-refractivity contribution < 1.29 is 4.74 Å². The quantitative estimate of drug-likeness (QED) is 0.297. The molecule has 3 heterocycles. The molecule has 0 saturated heterocycles. The van der Waals surface area contributed by atoms with Crippen LogP contribution < -0.4 is 15.0 Å². The van der Waals surface area contributed by atoms with E-state index in [4.69, 9.17) is 9.72 Å². The minimum absolute atomic E-state index is 0. The topological polar surface area (TPSA) is 63.2 Å². The van der Waals surface area contributed by atoms with E-state index in [-0.39, 0.29) is 12.4 Å². The molecular weight excluding hydrogens is 490 g/mol. The number of anilines is 1. The van der Waals surface area contributed by atoms with Crippen LogP contribution in [0.1, 0.15) is 48.5 Å². The Morgan fingerprint density at radius 3 is 2.64 bits per heavy atom. The van der Waals surface area contributed by atoms with E-state index in [1.165, 1.54) is 41.5 Å². The van der Waals surface area contributed by atoms with Crippen molar-refractivity contribution in [1.82, 2.24) is 20.3 Å². The Hall–Kier alpha value is -2.74. The molecule has 188 valence electrons. The Kier molecular flexibility index (Phi) is 7.42. The zero-order valence-electron chi connectivity index (χ0n) is 20.7. The zero-order chi connectivity index (χ0) is 23.8. The lowest BCUT2D eigenvalue weighted by Gasteiger charge is -2.26. The highest BCUT2D eigenvalue weighted by atomic mass is 35.5. The van der Waals surface area contributed by atoms with Gasteiger partial charge in [-0.1, -0.05) is 24.3 Å². The fourth-order valence-electron chi connectivity index (χ4n) is 5.15. The summed E-state index contributed by atoms with van der Waals surface area (Å²) in [4.78, 5) is 18.5. The molecule has 0 radical (unpaired) electrons. The number of benzene rings is 1. The van der Waals surface area contributed by atoms with Gasteiger partial charge in [-0.2, -0.15) is 0 Å². The Labute approximate surface area is 222 Å². The molecule has 1 aromatic carbocycles. The van der Waals surface area contributed by atoms with Gasteiger partial charge in [0.15, 0.2) is 0 Å². The number of nitrogens with one attached hydrogen (secondary N) is 1. The van der Waals surface area contributed by atoms with Gasteiger partial charge in [-0.15, -0.1) is 23.7 Å². The lowest BCUT2D eigenvalue weighted by atomic mass is 10.1. The second kappa shape index (κ2) is 10.7. The van der Waals surface area contributed by atoms with Crippen molar-refractivity contribution in [3.63, 3.8) is 0 Å². The molecule has 6 nitrogen and oxygen atoms in total. The van der Waals surface area contributed by atoms with Gasteiger partial charge in [-0.25, -0.2) is 9.97 Å². The summed E-state index contributed by atoms with van der Waals surface area (Å²) in [6.45, 7) is 0.880. The van der Waals surface area contributed by atoms with Crippen molar-refractivity contribution >= 4 is 39.8 Å². The molecule has 0 bridgehead atoms. The van der Waals surface area contributed by atoms with Crippen LogP contribution in [0.5, 0.6) is 5.75 Å². The highest BCUT2D eigenvalue weighted by Crippen LogP contribution is 2.46. The van der Waals surface area contributed by atoms with E-state index < -0.39 is 0 Å². The largest absolute Gasteiger partial charge is 0.495 e. The summed E-state index contributed by atoms with van der Waals surface area (Å²) in [7, 11) is 3.87. The average molecular weight is 522 g/mol. The van der Waals surface area contributed by atoms with E-state index in [9.17, 15) is 0 Å². The normalized spacial score (nSPS) is 19.3. The van der Waals surface area contributed by atoms with Crippen LogP contribution in [0.25, 0.3) is 21.3 Å². The SMILES string of the molecule is COc1cncc(-c2ccc(CN[C@H]3CC[C@@H](N(C)c4ncnc5sc(C6CC6)cc45)C3)cc2)c1.Cl. The molecular formula is C28H32ClN5OS. The zero-order valence-corrected chi connectivity index (χ0v) is 22.3. The number of nitrogens with zero attached hydrogens (tertiary/aromatic N) is 4. The van der Waals surface area contributed by atoms with Gasteiger partial charge in [0.05, 0.1) is 18.7 Å². The van der Waals surface area contributed by atoms with Crippen molar-refractivity contribution in [3.8, 4) is 16.9 Å². The number of fused-ring (bicyclic) bond motifs is 1. The van der Waals surface area contributed by atoms with E-state index in [0.717, 1.165) is 46.4 Å². The van der Waals surface area contributed by atoms with Crippen LogP contribution in [0.3, 0.4) is 0 Å². The standard InChI is InChI=1S/C28H31N5OS.ClH/c1-33(27-25-13-26(20-7-8-20)35-28(25)32-17-31-27)23-10-9-22(12-23)30-14-18-3-5-19(6-4-18)21-11-24(34-2)16-29-15-21;/h3-6,11,13,15-17,20,22-23,30H,7-10,12,14H2,1-2H3;1H/t22-,23+;/m0./s1. The molecule has 0 amide bonds. The molecule has 6 rings (SSSR count). The van der Waals surface area contributed by atoms with Crippen LogP contribution in [-0.4, -0.2) is 41.2 Å². The van der Waals surface area contributed by atoms with Crippen LogP contribution in [0.2, 0.25) is 0 Å². The fraction of sp³-hybridized carbons (Fsp3) is 0.393. The van der Waals surface area contributed by atoms with Gasteiger partial charge < -0.3 is 15.0 Å². The van der Waals surface area contributed by atoms with Crippen molar-refractivity contribution in [2.75, 3.05) is 19.1 Å². The average Bonchev–Trinajstić information content (AvgIpc) is 3.48. The molecule has 4 aromatic rings. The molecule has 1 N–H and O–H groups in total. The number of hydrogen-bond donors (Lipinski definition) is 1. The maximum atomic E-state index is 5.30. The number of methoxy groups -OCH3 is 1. The number of thiophene rings is 1. The summed E-state index contributed by atoms with van der Waals surface area (Å²) < 4.78 is 5.30. The molecule has 2 saturated carbocycles. The van der Waals surface area contributed by atoms with Crippen LogP contribution in [0, 0.1) is 0 Å². The first-order valence-electron chi connectivity index (χ1n) is 12.5. The monoisotopic (exact) mass is 521 g/mol. The first-order chi connectivity index (χ1) is 17.2. The van der Waals surface area contributed by atoms with Gasteiger partial charge in [0.25, 0.3) is 0 Å². The summed E-state index contributed by atoms with van der Waals surface area (Å²) in [6, 6.07) is 14.1. The minimum atomic E-state index is 0. The molecule has 0 spiro atoms. The highest BCUT2D eigenvalue weighted by Gasteiger charge is 2.30. The fourth-order valence-corrected chi connectivity index (χ4v) is 6.31. The number of halogens is 1. The van der Waals surface area contributed by atoms with Crippen LogP contribution in [0.4, 0.5) is 5.82 Å². The molecule has 0 unspecified atom stereocenters. The molecule has 2 fully saturated rings. The summed E-state index contributed by atoms with van der Waals surface area (Å²) in [5.41, 5.74) is 3.51. The third kappa shape index (κ3) is 5.19. The molecule has 36 heavy (non-hydrogen) atoms. The van der Waals surface area contributed by atoms with Crippen molar-refractivity contribution in [2.45, 2.75) is 56.7 Å². The van der Waals surface area contributed by atoms with E-state index in [1.807, 2.05) is 23.6 Å². The van der Waals surface area contributed by atoms with Gasteiger partial charge in [-0.3, -0.25) is 4.98 Å². The highest BCUT2D eigenvalue weighted by molar-refractivity contribution is 7.18. The van der Waals surface area contributed by atoms with Crippen molar-refractivity contribution in [1.29, 1.82) is 0 Å². The number of rotatable bonds is 8. The van der Waals surface area contributed by atoms with Gasteiger partial charge in [0.1, 0.15) is 22.7 Å². The number of aromatic nitrogens is 3. The smallest absolute Gasteiger partial charge is 0.140 e. The van der Waals surface area contributed by atoms with Gasteiger partial charge in [0.2, 0.25) is 0 Å². The molecule has 3 aromatic heterocycles. The van der Waals surface area contributed by atoms with Crippen LogP contribution >= 0.6 is 23.7 Å². The number of hydrogen-bond acceptors (Lipinski definition) is 7. The summed E-state index contributed by atoms with van der Waals surface area (Å²) in [6.07, 6.45) is 11.5. The minimum Gasteiger partial charge on any atom is -0.495 e. The predicted molar refractivity (Wildman–Crippen MR) is 150 cm³/mol. The summed E-state index contributed by atoms with van der Waals surface area (Å²) >= 11 is 1.85. The number of ether oxygens (including phenoxy) is 1. The maximum absolute atomic E-state index is 5.30. The first-order valence-corrected chi connectivity index (χ1v) is 13.3. The summed E-state index contributed by atoms with van der Waals surface area (Å²) in [5.74, 6) is 2.62. The van der Waals surface area contributed by atoms with Crippen LogP contribution in [0.15, 0.2) is 55.1 Å². The molecule has 2 aliphatic rings. The second-order valence-corrected chi connectivity index (χ2v) is 10.9. The molecule has 8 heteroatoms. The third-order valence-electron chi connectivity index (χ3n) is 7.42. The van der Waals surface area contributed by atoms with E-state index in [1.54, 1.807) is 19.6 Å². The second-order valence-electron chi connectivity index (χ2n) is 9.81. The lowest BCUT2D eigenvalue weighted by molar-refractivity contribution is 0.413. The third-order valence-corrected chi connectivity index (χ3v) is 8.63. The van der Waals surface area contributed by atoms with Crippen LogP contribution in [-0.2, 0) is 6.54 Å².